The van der Waals surface area contributed by atoms with Gasteiger partial charge in [0.1, 0.15) is 0 Å². The highest BCUT2D eigenvalue weighted by Gasteiger charge is 2.40. The molecule has 0 saturated heterocycles. The molecule has 1 aromatic heterocycles. The van der Waals surface area contributed by atoms with Gasteiger partial charge in [-0.05, 0) is 40.3 Å². The fourth-order valence-corrected chi connectivity index (χ4v) is 3.32. The largest absolute Gasteiger partial charge is 0.387 e. The van der Waals surface area contributed by atoms with Crippen molar-refractivity contribution in [1.29, 1.82) is 0 Å². The Bertz CT molecular complexity index is 306. The molecule has 1 aliphatic rings. The van der Waals surface area contributed by atoms with Crippen LogP contribution in [-0.2, 0) is 0 Å². The molecule has 1 heterocycles. The van der Waals surface area contributed by atoms with E-state index in [0.29, 0.717) is 16.9 Å². The van der Waals surface area contributed by atoms with E-state index in [-0.39, 0.29) is 6.10 Å². The van der Waals surface area contributed by atoms with Crippen molar-refractivity contribution in [2.24, 2.45) is 11.8 Å². The summed E-state index contributed by atoms with van der Waals surface area (Å²) in [4.78, 5) is 0.978. The number of aliphatic hydroxyl groups excluding tert-OH is 1. The molecule has 13 heavy (non-hydrogen) atoms. The molecule has 0 amide bonds. The van der Waals surface area contributed by atoms with Gasteiger partial charge < -0.3 is 5.11 Å². The fourth-order valence-electron chi connectivity index (χ4n) is 1.51. The van der Waals surface area contributed by atoms with Crippen LogP contribution >= 0.6 is 38.9 Å². The van der Waals surface area contributed by atoms with Crippen molar-refractivity contribution in [3.63, 3.8) is 0 Å². The van der Waals surface area contributed by atoms with E-state index in [0.717, 1.165) is 15.1 Å². The van der Waals surface area contributed by atoms with Gasteiger partial charge in [-0.2, -0.15) is 0 Å². The summed E-state index contributed by atoms with van der Waals surface area (Å²) in [7, 11) is 0. The van der Waals surface area contributed by atoms with Gasteiger partial charge in [0.15, 0.2) is 0 Å². The van der Waals surface area contributed by atoms with Crippen LogP contribution in [0.5, 0.6) is 0 Å². The first-order chi connectivity index (χ1) is 6.09. The summed E-state index contributed by atoms with van der Waals surface area (Å²) in [6.07, 6.45) is 0.817. The van der Waals surface area contributed by atoms with Crippen molar-refractivity contribution in [2.75, 3.05) is 0 Å². The third-order valence-electron chi connectivity index (χ3n) is 2.53. The maximum absolute atomic E-state index is 9.90. The quantitative estimate of drug-likeness (QED) is 0.873. The summed E-state index contributed by atoms with van der Waals surface area (Å²) in [6, 6.07) is 1.85. The molecule has 72 valence electrons. The number of rotatable bonds is 2. The minimum atomic E-state index is -0.316. The Balaban J connectivity index is 2.16. The molecule has 1 saturated carbocycles. The van der Waals surface area contributed by atoms with Crippen LogP contribution in [0.15, 0.2) is 9.85 Å². The van der Waals surface area contributed by atoms with E-state index < -0.39 is 0 Å². The van der Waals surface area contributed by atoms with Gasteiger partial charge in [0, 0.05) is 4.88 Å². The molecule has 0 radical (unpaired) electrons. The molecule has 0 aromatic carbocycles. The van der Waals surface area contributed by atoms with E-state index in [4.69, 9.17) is 11.6 Å². The summed E-state index contributed by atoms with van der Waals surface area (Å²) in [5, 5.41) is 10.6. The van der Waals surface area contributed by atoms with E-state index in [1.54, 1.807) is 0 Å². The molecule has 0 bridgehead atoms. The second-order valence-electron chi connectivity index (χ2n) is 3.59. The van der Waals surface area contributed by atoms with Crippen LogP contribution in [0.3, 0.4) is 0 Å². The number of hydrogen-bond donors (Lipinski definition) is 1. The van der Waals surface area contributed by atoms with Crippen LogP contribution in [0.25, 0.3) is 0 Å². The number of aliphatic hydroxyl groups is 1. The van der Waals surface area contributed by atoms with Gasteiger partial charge in [0.25, 0.3) is 0 Å². The second kappa shape index (κ2) is 3.54. The van der Waals surface area contributed by atoms with Gasteiger partial charge in [-0.1, -0.05) is 18.5 Å². The van der Waals surface area contributed by atoms with Gasteiger partial charge in [-0.25, -0.2) is 0 Å². The monoisotopic (exact) mass is 280 g/mol. The summed E-state index contributed by atoms with van der Waals surface area (Å²) < 4.78 is 0.913. The van der Waals surface area contributed by atoms with Gasteiger partial charge in [0.05, 0.1) is 14.9 Å². The highest BCUT2D eigenvalue weighted by atomic mass is 79.9. The third-order valence-corrected chi connectivity index (χ3v) is 5.08. The van der Waals surface area contributed by atoms with Gasteiger partial charge in [-0.3, -0.25) is 0 Å². The Labute approximate surface area is 94.9 Å². The lowest BCUT2D eigenvalue weighted by Crippen LogP contribution is -1.97. The SMILES string of the molecule is CC1CC1C(O)c1cc(Cl)c(Br)s1. The van der Waals surface area contributed by atoms with E-state index in [1.165, 1.54) is 11.3 Å². The lowest BCUT2D eigenvalue weighted by Gasteiger charge is -2.05. The van der Waals surface area contributed by atoms with E-state index in [9.17, 15) is 5.11 Å². The second-order valence-corrected chi connectivity index (χ2v) is 6.40. The van der Waals surface area contributed by atoms with Gasteiger partial charge in [0.2, 0.25) is 0 Å². The lowest BCUT2D eigenvalue weighted by molar-refractivity contribution is 0.152. The number of hydrogen-bond acceptors (Lipinski definition) is 2. The molecule has 1 aliphatic carbocycles. The number of thiophene rings is 1. The molecule has 3 atom stereocenters. The molecular weight excluding hydrogens is 272 g/mol. The van der Waals surface area contributed by atoms with E-state index in [1.807, 2.05) is 6.07 Å². The van der Waals surface area contributed by atoms with E-state index >= 15 is 0 Å². The van der Waals surface area contributed by atoms with E-state index in [2.05, 4.69) is 22.9 Å². The molecule has 0 aliphatic heterocycles. The van der Waals surface area contributed by atoms with Crippen molar-refractivity contribution >= 4 is 38.9 Å². The van der Waals surface area contributed by atoms with Crippen molar-refractivity contribution < 1.29 is 5.11 Å². The summed E-state index contributed by atoms with van der Waals surface area (Å²) in [6.45, 7) is 2.16. The fraction of sp³-hybridized carbons (Fsp3) is 0.556. The van der Waals surface area contributed by atoms with Crippen LogP contribution in [0, 0.1) is 11.8 Å². The molecule has 1 N–H and O–H groups in total. The van der Waals surface area contributed by atoms with Crippen molar-refractivity contribution in [1.82, 2.24) is 0 Å². The zero-order valence-electron chi connectivity index (χ0n) is 7.13. The van der Waals surface area contributed by atoms with Gasteiger partial charge in [-0.15, -0.1) is 11.3 Å². The molecule has 2 rings (SSSR count). The zero-order valence-corrected chi connectivity index (χ0v) is 10.3. The highest BCUT2D eigenvalue weighted by Crippen LogP contribution is 2.49. The van der Waals surface area contributed by atoms with Crippen LogP contribution in [0.4, 0.5) is 0 Å². The molecule has 1 fully saturated rings. The lowest BCUT2D eigenvalue weighted by atomic mass is 10.2. The summed E-state index contributed by atoms with van der Waals surface area (Å²) in [5.74, 6) is 1.11. The van der Waals surface area contributed by atoms with Crippen molar-refractivity contribution in [3.8, 4) is 0 Å². The first-order valence-corrected chi connectivity index (χ1v) is 6.21. The number of halogens is 2. The first kappa shape index (κ1) is 9.97. The maximum atomic E-state index is 9.90. The molecule has 4 heteroatoms. The molecule has 0 spiro atoms. The Hall–Kier alpha value is 0.430. The Kier molecular flexibility index (Phi) is 2.71. The third kappa shape index (κ3) is 1.94. The van der Waals surface area contributed by atoms with Crippen LogP contribution in [0.1, 0.15) is 24.3 Å². The minimum Gasteiger partial charge on any atom is -0.387 e. The minimum absolute atomic E-state index is 0.316. The molecule has 1 aromatic rings. The Morgan fingerprint density at radius 3 is 2.77 bits per heavy atom. The predicted molar refractivity (Wildman–Crippen MR) is 59.3 cm³/mol. The van der Waals surface area contributed by atoms with Crippen molar-refractivity contribution in [3.05, 3.63) is 19.8 Å². The zero-order chi connectivity index (χ0) is 9.59. The smallest absolute Gasteiger partial charge is 0.0913 e. The van der Waals surface area contributed by atoms with Gasteiger partial charge >= 0.3 is 0 Å². The average Bonchev–Trinajstić information content (AvgIpc) is 2.70. The average molecular weight is 282 g/mol. The molecule has 3 unspecified atom stereocenters. The molecule has 1 nitrogen and oxygen atoms in total. The van der Waals surface area contributed by atoms with Crippen LogP contribution in [0.2, 0.25) is 5.02 Å². The van der Waals surface area contributed by atoms with Crippen LogP contribution in [-0.4, -0.2) is 5.11 Å². The first-order valence-electron chi connectivity index (χ1n) is 4.22. The standard InChI is InChI=1S/C9H10BrClOS/c1-4-2-5(4)8(12)7-3-6(11)9(10)13-7/h3-5,8,12H,2H2,1H3. The summed E-state index contributed by atoms with van der Waals surface area (Å²) in [5.41, 5.74) is 0. The maximum Gasteiger partial charge on any atom is 0.0913 e. The topological polar surface area (TPSA) is 20.2 Å². The predicted octanol–water partition coefficient (Wildman–Crippen LogP) is 3.85. The summed E-state index contributed by atoms with van der Waals surface area (Å²) >= 11 is 10.8. The Morgan fingerprint density at radius 1 is 1.77 bits per heavy atom. The van der Waals surface area contributed by atoms with Crippen LogP contribution < -0.4 is 0 Å². The highest BCUT2D eigenvalue weighted by molar-refractivity contribution is 9.11. The Morgan fingerprint density at radius 2 is 2.38 bits per heavy atom. The van der Waals surface area contributed by atoms with Crippen molar-refractivity contribution in [2.45, 2.75) is 19.4 Å². The normalized spacial score (nSPS) is 28.9. The molecular formula is C9H10BrClOS.